The van der Waals surface area contributed by atoms with Crippen molar-refractivity contribution in [3.8, 4) is 34.5 Å². The Kier molecular flexibility index (Phi) is 7.20. The predicted octanol–water partition coefficient (Wildman–Crippen LogP) is 3.80. The second-order valence-corrected chi connectivity index (χ2v) is 7.44. The monoisotopic (exact) mass is 458 g/mol. The first-order chi connectivity index (χ1) is 15.8. The maximum atomic E-state index is 12.6. The van der Waals surface area contributed by atoms with Crippen LogP contribution in [0.15, 0.2) is 29.4 Å². The number of hydrazone groups is 1. The van der Waals surface area contributed by atoms with Gasteiger partial charge < -0.3 is 28.4 Å². The molecule has 0 radical (unpaired) electrons. The second kappa shape index (κ2) is 9.89. The number of nitrogens with zero attached hydrogens (tertiary/aromatic N) is 2. The van der Waals surface area contributed by atoms with E-state index < -0.39 is 6.04 Å². The molecule has 0 saturated carbocycles. The smallest absolute Gasteiger partial charge is 0.240 e. The van der Waals surface area contributed by atoms with Crippen LogP contribution in [-0.4, -0.2) is 59.3 Å². The van der Waals surface area contributed by atoms with Gasteiger partial charge in [0.05, 0.1) is 54.6 Å². The topological polar surface area (TPSA) is 88.1 Å². The molecule has 2 aromatic rings. The summed E-state index contributed by atoms with van der Waals surface area (Å²) in [5.74, 6) is 2.50. The van der Waals surface area contributed by atoms with E-state index in [0.29, 0.717) is 34.5 Å². The number of ether oxygens (including phenoxy) is 6. The normalized spacial score (nSPS) is 17.3. The summed E-state index contributed by atoms with van der Waals surface area (Å²) < 4.78 is 33.1. The summed E-state index contributed by atoms with van der Waals surface area (Å²) in [7, 11) is 9.33. The molecule has 9 heteroatoms. The van der Waals surface area contributed by atoms with Crippen molar-refractivity contribution in [2.45, 2.75) is 25.8 Å². The third kappa shape index (κ3) is 4.22. The lowest BCUT2D eigenvalue weighted by atomic mass is 9.84. The zero-order valence-corrected chi connectivity index (χ0v) is 20.2. The van der Waals surface area contributed by atoms with Gasteiger partial charge in [-0.15, -0.1) is 0 Å². The Morgan fingerprint density at radius 3 is 1.45 bits per heavy atom. The first-order valence-corrected chi connectivity index (χ1v) is 10.3. The Labute approximate surface area is 193 Å². The number of benzene rings is 2. The first-order valence-electron chi connectivity index (χ1n) is 10.3. The van der Waals surface area contributed by atoms with Crippen molar-refractivity contribution >= 4 is 11.6 Å². The van der Waals surface area contributed by atoms with Crippen LogP contribution in [0, 0.1) is 0 Å². The fourth-order valence-electron chi connectivity index (χ4n) is 4.24. The Balaban J connectivity index is 2.24. The van der Waals surface area contributed by atoms with E-state index in [2.05, 4.69) is 5.10 Å². The summed E-state index contributed by atoms with van der Waals surface area (Å²) in [5.41, 5.74) is 2.39. The van der Waals surface area contributed by atoms with Gasteiger partial charge in [0.1, 0.15) is 0 Å². The van der Waals surface area contributed by atoms with Gasteiger partial charge in [-0.2, -0.15) is 5.10 Å². The Morgan fingerprint density at radius 1 is 0.727 bits per heavy atom. The Morgan fingerprint density at radius 2 is 1.12 bits per heavy atom. The summed E-state index contributed by atoms with van der Waals surface area (Å²) in [6.07, 6.45) is 0. The van der Waals surface area contributed by atoms with Gasteiger partial charge in [0.25, 0.3) is 0 Å². The molecule has 2 aromatic carbocycles. The van der Waals surface area contributed by atoms with Crippen LogP contribution in [0.3, 0.4) is 0 Å². The highest BCUT2D eigenvalue weighted by atomic mass is 16.5. The third-order valence-electron chi connectivity index (χ3n) is 5.69. The van der Waals surface area contributed by atoms with Crippen molar-refractivity contribution < 1.29 is 33.2 Å². The average molecular weight is 459 g/mol. The number of rotatable bonds is 8. The van der Waals surface area contributed by atoms with Gasteiger partial charge in [0, 0.05) is 12.6 Å². The highest BCUT2D eigenvalue weighted by Crippen LogP contribution is 2.49. The summed E-state index contributed by atoms with van der Waals surface area (Å²) in [6.45, 7) is 3.38. The lowest BCUT2D eigenvalue weighted by Crippen LogP contribution is -2.28. The van der Waals surface area contributed by atoms with Crippen LogP contribution in [0.25, 0.3) is 0 Å². The molecule has 1 heterocycles. The predicted molar refractivity (Wildman–Crippen MR) is 123 cm³/mol. The molecule has 178 valence electrons. The molecule has 0 aromatic heterocycles. The van der Waals surface area contributed by atoms with Crippen molar-refractivity contribution in [3.63, 3.8) is 0 Å². The molecular weight excluding hydrogens is 428 g/mol. The lowest BCUT2D eigenvalue weighted by Gasteiger charge is -2.28. The van der Waals surface area contributed by atoms with Crippen LogP contribution in [-0.2, 0) is 4.79 Å². The molecule has 0 fully saturated rings. The zero-order chi connectivity index (χ0) is 24.3. The Hall–Kier alpha value is -3.62. The van der Waals surface area contributed by atoms with Crippen LogP contribution >= 0.6 is 0 Å². The number of methoxy groups -OCH3 is 6. The highest BCUT2D eigenvalue weighted by molar-refractivity contribution is 5.94. The fraction of sp³-hybridized carbons (Fsp3) is 0.417. The molecule has 0 unspecified atom stereocenters. The van der Waals surface area contributed by atoms with Gasteiger partial charge in [0.2, 0.25) is 17.4 Å². The number of carbonyl (C=O) groups is 1. The largest absolute Gasteiger partial charge is 0.493 e. The van der Waals surface area contributed by atoms with Crippen molar-refractivity contribution in [1.29, 1.82) is 0 Å². The van der Waals surface area contributed by atoms with Gasteiger partial charge >= 0.3 is 0 Å². The minimum absolute atomic E-state index is 0.192. The Bertz CT molecular complexity index is 1020. The molecule has 1 amide bonds. The summed E-state index contributed by atoms with van der Waals surface area (Å²) in [5, 5.41) is 6.06. The maximum absolute atomic E-state index is 12.6. The standard InChI is InChI=1S/C24H30N2O7/c1-13-21(15-9-17(28-3)23(32-7)18(10-15)29-4)22(26(25-13)14(2)27)16-11-19(30-5)24(33-8)20(12-16)31-6/h9-12,21-22H,1-8H3/t21-,22-/m0/s1. The molecule has 0 saturated heterocycles. The second-order valence-electron chi connectivity index (χ2n) is 7.44. The van der Waals surface area contributed by atoms with Crippen LogP contribution in [0.2, 0.25) is 0 Å². The van der Waals surface area contributed by atoms with Crippen molar-refractivity contribution in [2.75, 3.05) is 42.7 Å². The van der Waals surface area contributed by atoms with Crippen LogP contribution < -0.4 is 28.4 Å². The van der Waals surface area contributed by atoms with E-state index in [1.165, 1.54) is 11.9 Å². The van der Waals surface area contributed by atoms with Crippen LogP contribution in [0.4, 0.5) is 0 Å². The van der Waals surface area contributed by atoms with E-state index in [4.69, 9.17) is 28.4 Å². The van der Waals surface area contributed by atoms with Gasteiger partial charge in [-0.3, -0.25) is 4.79 Å². The molecule has 33 heavy (non-hydrogen) atoms. The minimum Gasteiger partial charge on any atom is -0.493 e. The van der Waals surface area contributed by atoms with Crippen molar-refractivity contribution in [1.82, 2.24) is 5.01 Å². The zero-order valence-electron chi connectivity index (χ0n) is 20.2. The molecule has 1 aliphatic heterocycles. The number of hydrogen-bond donors (Lipinski definition) is 0. The number of amides is 1. The maximum Gasteiger partial charge on any atom is 0.240 e. The lowest BCUT2D eigenvalue weighted by molar-refractivity contribution is -0.130. The third-order valence-corrected chi connectivity index (χ3v) is 5.69. The van der Waals surface area contributed by atoms with Gasteiger partial charge in [0.15, 0.2) is 23.0 Å². The molecular formula is C24H30N2O7. The number of hydrogen-bond acceptors (Lipinski definition) is 8. The molecule has 3 rings (SSSR count). The van der Waals surface area contributed by atoms with Crippen LogP contribution in [0.5, 0.6) is 34.5 Å². The molecule has 0 N–H and O–H groups in total. The van der Waals surface area contributed by atoms with Crippen LogP contribution in [0.1, 0.15) is 36.9 Å². The SMILES string of the molecule is COc1cc([C@@H]2C(C)=NN(C(C)=O)[C@H]2c2cc(OC)c(OC)c(OC)c2)cc(OC)c1OC. The molecule has 0 spiro atoms. The molecule has 1 aliphatic rings. The van der Waals surface area contributed by atoms with Gasteiger partial charge in [-0.1, -0.05) is 0 Å². The molecule has 0 bridgehead atoms. The quantitative estimate of drug-likeness (QED) is 0.595. The van der Waals surface area contributed by atoms with Crippen molar-refractivity contribution in [3.05, 3.63) is 35.4 Å². The van der Waals surface area contributed by atoms with E-state index in [0.717, 1.165) is 16.8 Å². The van der Waals surface area contributed by atoms with E-state index in [9.17, 15) is 4.79 Å². The summed E-state index contributed by atoms with van der Waals surface area (Å²) in [4.78, 5) is 12.6. The average Bonchev–Trinajstić information content (AvgIpc) is 3.19. The van der Waals surface area contributed by atoms with Gasteiger partial charge in [-0.05, 0) is 42.3 Å². The summed E-state index contributed by atoms with van der Waals surface area (Å²) in [6, 6.07) is 6.96. The molecule has 9 nitrogen and oxygen atoms in total. The van der Waals surface area contributed by atoms with Crippen molar-refractivity contribution in [2.24, 2.45) is 5.10 Å². The van der Waals surface area contributed by atoms with E-state index in [-0.39, 0.29) is 11.8 Å². The minimum atomic E-state index is -0.459. The van der Waals surface area contributed by atoms with E-state index >= 15 is 0 Å². The van der Waals surface area contributed by atoms with Gasteiger partial charge in [-0.25, -0.2) is 5.01 Å². The fourth-order valence-corrected chi connectivity index (χ4v) is 4.24. The number of carbonyl (C=O) groups excluding carboxylic acids is 1. The molecule has 2 atom stereocenters. The summed E-state index contributed by atoms with van der Waals surface area (Å²) >= 11 is 0. The first kappa shape index (κ1) is 24.0. The van der Waals surface area contributed by atoms with E-state index in [1.807, 2.05) is 31.2 Å². The molecule has 0 aliphatic carbocycles. The van der Waals surface area contributed by atoms with E-state index in [1.54, 1.807) is 42.7 Å². The highest BCUT2D eigenvalue weighted by Gasteiger charge is 2.41.